The van der Waals surface area contributed by atoms with Crippen LogP contribution in [-0.4, -0.2) is 9.97 Å². The maximum atomic E-state index is 13.7. The Morgan fingerprint density at radius 3 is 2.56 bits per heavy atom. The fourth-order valence-electron chi connectivity index (χ4n) is 1.53. The third kappa shape index (κ3) is 2.25. The first-order valence-corrected chi connectivity index (χ1v) is 5.50. The van der Waals surface area contributed by atoms with E-state index in [2.05, 4.69) is 9.97 Å². The average molecular weight is 247 g/mol. The van der Waals surface area contributed by atoms with Gasteiger partial charge in [0.15, 0.2) is 0 Å². The summed E-state index contributed by atoms with van der Waals surface area (Å²) in [6.45, 7) is 5.27. The molecule has 0 spiro atoms. The van der Waals surface area contributed by atoms with Gasteiger partial charge in [0.25, 0.3) is 5.88 Å². The van der Waals surface area contributed by atoms with Gasteiger partial charge in [-0.1, -0.05) is 0 Å². The van der Waals surface area contributed by atoms with Gasteiger partial charge in [0.2, 0.25) is 5.82 Å². The van der Waals surface area contributed by atoms with E-state index < -0.39 is 5.82 Å². The Bertz CT molecular complexity index is 599. The van der Waals surface area contributed by atoms with Crippen molar-refractivity contribution in [2.75, 3.05) is 5.73 Å². The minimum Gasteiger partial charge on any atom is -0.436 e. The summed E-state index contributed by atoms with van der Waals surface area (Å²) in [7, 11) is 0. The van der Waals surface area contributed by atoms with Crippen LogP contribution in [-0.2, 0) is 0 Å². The van der Waals surface area contributed by atoms with Crippen molar-refractivity contribution >= 4 is 5.69 Å². The van der Waals surface area contributed by atoms with Crippen LogP contribution < -0.4 is 10.5 Å². The molecular formula is C13H14FN3O. The van der Waals surface area contributed by atoms with Crippen LogP contribution >= 0.6 is 0 Å². The van der Waals surface area contributed by atoms with Crippen LogP contribution in [0.5, 0.6) is 11.6 Å². The third-order valence-corrected chi connectivity index (χ3v) is 2.70. The first kappa shape index (κ1) is 12.3. The molecule has 0 radical (unpaired) electrons. The number of hydrogen-bond acceptors (Lipinski definition) is 4. The van der Waals surface area contributed by atoms with E-state index in [9.17, 15) is 4.39 Å². The van der Waals surface area contributed by atoms with E-state index in [4.69, 9.17) is 10.5 Å². The van der Waals surface area contributed by atoms with E-state index in [0.29, 0.717) is 11.4 Å². The zero-order chi connectivity index (χ0) is 13.3. The number of nitrogen functional groups attached to an aromatic ring is 1. The minimum absolute atomic E-state index is 0.0743. The van der Waals surface area contributed by atoms with E-state index in [1.807, 2.05) is 13.8 Å². The topological polar surface area (TPSA) is 61.0 Å². The summed E-state index contributed by atoms with van der Waals surface area (Å²) < 4.78 is 19.2. The molecule has 94 valence electrons. The van der Waals surface area contributed by atoms with Crippen molar-refractivity contribution < 1.29 is 9.13 Å². The Morgan fingerprint density at radius 2 is 1.83 bits per heavy atom. The molecule has 0 aliphatic rings. The summed E-state index contributed by atoms with van der Waals surface area (Å²) in [5.74, 6) is -0.0835. The van der Waals surface area contributed by atoms with Crippen LogP contribution in [0.2, 0.25) is 0 Å². The van der Waals surface area contributed by atoms with E-state index in [-0.39, 0.29) is 11.6 Å². The lowest BCUT2D eigenvalue weighted by Gasteiger charge is -2.11. The number of halogens is 1. The van der Waals surface area contributed by atoms with E-state index in [1.165, 1.54) is 6.33 Å². The van der Waals surface area contributed by atoms with Crippen molar-refractivity contribution in [3.63, 3.8) is 0 Å². The second-order valence-electron chi connectivity index (χ2n) is 4.15. The number of anilines is 1. The number of hydrogen-bond donors (Lipinski definition) is 1. The van der Waals surface area contributed by atoms with Gasteiger partial charge in [0, 0.05) is 5.69 Å². The molecule has 0 amide bonds. The van der Waals surface area contributed by atoms with E-state index in [1.54, 1.807) is 19.1 Å². The van der Waals surface area contributed by atoms with Crippen LogP contribution in [0.25, 0.3) is 0 Å². The molecule has 0 fully saturated rings. The fourth-order valence-corrected chi connectivity index (χ4v) is 1.53. The standard InChI is InChI=1S/C13H14FN3O/c1-7-5-11(8(2)4-10(7)15)18-13-12(14)9(3)16-6-17-13/h4-6H,15H2,1-3H3. The van der Waals surface area contributed by atoms with Crippen molar-refractivity contribution in [3.05, 3.63) is 41.1 Å². The van der Waals surface area contributed by atoms with Crippen molar-refractivity contribution in [1.29, 1.82) is 0 Å². The molecule has 0 saturated heterocycles. The van der Waals surface area contributed by atoms with Crippen LogP contribution in [0.4, 0.5) is 10.1 Å². The Balaban J connectivity index is 2.40. The van der Waals surface area contributed by atoms with Crippen LogP contribution in [0.1, 0.15) is 16.8 Å². The highest BCUT2D eigenvalue weighted by Crippen LogP contribution is 2.29. The third-order valence-electron chi connectivity index (χ3n) is 2.70. The molecule has 0 bridgehead atoms. The second-order valence-corrected chi connectivity index (χ2v) is 4.15. The molecule has 1 aromatic carbocycles. The highest BCUT2D eigenvalue weighted by molar-refractivity contribution is 5.54. The number of ether oxygens (including phenoxy) is 1. The summed E-state index contributed by atoms with van der Waals surface area (Å²) in [6.07, 6.45) is 1.27. The van der Waals surface area contributed by atoms with Crippen LogP contribution in [0.15, 0.2) is 18.5 Å². The molecule has 0 atom stereocenters. The number of rotatable bonds is 2. The van der Waals surface area contributed by atoms with Gasteiger partial charge in [0.05, 0.1) is 5.69 Å². The summed E-state index contributed by atoms with van der Waals surface area (Å²) in [6, 6.07) is 3.55. The van der Waals surface area contributed by atoms with Crippen molar-refractivity contribution in [3.8, 4) is 11.6 Å². The lowest BCUT2D eigenvalue weighted by atomic mass is 10.1. The molecule has 4 nitrogen and oxygen atoms in total. The SMILES string of the molecule is Cc1cc(Oc2ncnc(C)c2F)c(C)cc1N. The van der Waals surface area contributed by atoms with Crippen LogP contribution in [0.3, 0.4) is 0 Å². The Kier molecular flexibility index (Phi) is 3.14. The Labute approximate surface area is 105 Å². The predicted molar refractivity (Wildman–Crippen MR) is 67.1 cm³/mol. The van der Waals surface area contributed by atoms with Crippen molar-refractivity contribution in [2.45, 2.75) is 20.8 Å². The van der Waals surface area contributed by atoms with Gasteiger partial charge in [-0.25, -0.2) is 4.98 Å². The van der Waals surface area contributed by atoms with E-state index >= 15 is 0 Å². The highest BCUT2D eigenvalue weighted by Gasteiger charge is 2.12. The molecule has 0 saturated carbocycles. The number of nitrogens with two attached hydrogens (primary N) is 1. The molecule has 0 unspecified atom stereocenters. The van der Waals surface area contributed by atoms with Crippen molar-refractivity contribution in [2.24, 2.45) is 0 Å². The fraction of sp³-hybridized carbons (Fsp3) is 0.231. The monoisotopic (exact) mass is 247 g/mol. The summed E-state index contributed by atoms with van der Waals surface area (Å²) >= 11 is 0. The maximum absolute atomic E-state index is 13.7. The van der Waals surface area contributed by atoms with Gasteiger partial charge in [0.1, 0.15) is 12.1 Å². The number of nitrogens with zero attached hydrogens (tertiary/aromatic N) is 2. The zero-order valence-corrected chi connectivity index (χ0v) is 10.5. The molecule has 2 aromatic rings. The van der Waals surface area contributed by atoms with Gasteiger partial charge >= 0.3 is 0 Å². The maximum Gasteiger partial charge on any atom is 0.259 e. The summed E-state index contributed by atoms with van der Waals surface area (Å²) in [5.41, 5.74) is 8.42. The Morgan fingerprint density at radius 1 is 1.11 bits per heavy atom. The molecule has 5 heteroatoms. The number of aromatic nitrogens is 2. The number of aryl methyl sites for hydroxylation is 3. The normalized spacial score (nSPS) is 10.4. The molecule has 2 N–H and O–H groups in total. The second kappa shape index (κ2) is 4.60. The Hall–Kier alpha value is -2.17. The first-order valence-electron chi connectivity index (χ1n) is 5.50. The van der Waals surface area contributed by atoms with Gasteiger partial charge in [-0.3, -0.25) is 0 Å². The molecule has 1 aromatic heterocycles. The largest absolute Gasteiger partial charge is 0.436 e. The van der Waals surface area contributed by atoms with Gasteiger partial charge < -0.3 is 10.5 Å². The van der Waals surface area contributed by atoms with Gasteiger partial charge in [-0.05, 0) is 44.0 Å². The molecule has 0 aliphatic heterocycles. The summed E-state index contributed by atoms with van der Waals surface area (Å²) in [4.78, 5) is 7.54. The minimum atomic E-state index is -0.550. The highest BCUT2D eigenvalue weighted by atomic mass is 19.1. The van der Waals surface area contributed by atoms with Gasteiger partial charge in [-0.2, -0.15) is 9.37 Å². The summed E-state index contributed by atoms with van der Waals surface area (Å²) in [5, 5.41) is 0. The van der Waals surface area contributed by atoms with Crippen LogP contribution in [0, 0.1) is 26.6 Å². The predicted octanol–water partition coefficient (Wildman–Crippen LogP) is 2.92. The lowest BCUT2D eigenvalue weighted by Crippen LogP contribution is -1.99. The molecule has 0 aliphatic carbocycles. The van der Waals surface area contributed by atoms with Gasteiger partial charge in [-0.15, -0.1) is 0 Å². The molecule has 2 rings (SSSR count). The smallest absolute Gasteiger partial charge is 0.259 e. The average Bonchev–Trinajstić information content (AvgIpc) is 2.32. The lowest BCUT2D eigenvalue weighted by molar-refractivity contribution is 0.414. The zero-order valence-electron chi connectivity index (χ0n) is 10.5. The molecule has 18 heavy (non-hydrogen) atoms. The molecular weight excluding hydrogens is 233 g/mol. The van der Waals surface area contributed by atoms with E-state index in [0.717, 1.165) is 11.1 Å². The number of benzene rings is 1. The molecule has 1 heterocycles. The quantitative estimate of drug-likeness (QED) is 0.829. The van der Waals surface area contributed by atoms with Crippen molar-refractivity contribution in [1.82, 2.24) is 9.97 Å². The first-order chi connectivity index (χ1) is 8.49.